The number of benzene rings is 1. The molecule has 0 bridgehead atoms. The van der Waals surface area contributed by atoms with E-state index in [1.807, 2.05) is 0 Å². The summed E-state index contributed by atoms with van der Waals surface area (Å²) in [6, 6.07) is 4.59. The predicted octanol–water partition coefficient (Wildman–Crippen LogP) is 4.99. The van der Waals surface area contributed by atoms with Crippen LogP contribution in [0.4, 0.5) is 18.9 Å². The first-order valence-electron chi connectivity index (χ1n) is 5.13. The predicted molar refractivity (Wildman–Crippen MR) is 67.7 cm³/mol. The summed E-state index contributed by atoms with van der Waals surface area (Å²) in [6.07, 6.45) is 0. The highest BCUT2D eigenvalue weighted by Gasteiger charge is 2.13. The van der Waals surface area contributed by atoms with Gasteiger partial charge in [0.05, 0.1) is 16.1 Å². The summed E-state index contributed by atoms with van der Waals surface area (Å²) >= 11 is 7.13. The number of halogens is 4. The third-order valence-corrected chi connectivity index (χ3v) is 3.82. The zero-order valence-electron chi connectivity index (χ0n) is 9.31. The van der Waals surface area contributed by atoms with Gasteiger partial charge in [-0.1, -0.05) is 11.6 Å². The molecule has 1 N–H and O–H groups in total. The molecule has 1 atom stereocenters. The Bertz CT molecular complexity index is 570. The lowest BCUT2D eigenvalue weighted by Crippen LogP contribution is -2.07. The summed E-state index contributed by atoms with van der Waals surface area (Å²) in [5, 5.41) is 2.78. The van der Waals surface area contributed by atoms with Crippen LogP contribution in [-0.4, -0.2) is 0 Å². The highest BCUT2D eigenvalue weighted by atomic mass is 35.5. The van der Waals surface area contributed by atoms with Crippen LogP contribution >= 0.6 is 22.9 Å². The second kappa shape index (κ2) is 5.20. The van der Waals surface area contributed by atoms with Gasteiger partial charge in [0.1, 0.15) is 5.82 Å². The summed E-state index contributed by atoms with van der Waals surface area (Å²) in [6.45, 7) is 1.78. The maximum atomic E-state index is 13.4. The minimum Gasteiger partial charge on any atom is -0.375 e. The molecule has 0 saturated carbocycles. The molecular formula is C12H9ClF3NS. The van der Waals surface area contributed by atoms with Crippen LogP contribution in [0.3, 0.4) is 0 Å². The molecule has 2 aromatic rings. The van der Waals surface area contributed by atoms with E-state index in [9.17, 15) is 13.2 Å². The summed E-state index contributed by atoms with van der Waals surface area (Å²) in [4.78, 5) is 0.879. The van der Waals surface area contributed by atoms with E-state index in [1.165, 1.54) is 11.3 Å². The number of hydrogen-bond donors (Lipinski definition) is 1. The molecule has 2 rings (SSSR count). The van der Waals surface area contributed by atoms with E-state index in [-0.39, 0.29) is 11.7 Å². The Morgan fingerprint density at radius 2 is 1.78 bits per heavy atom. The van der Waals surface area contributed by atoms with Crippen LogP contribution < -0.4 is 5.32 Å². The van der Waals surface area contributed by atoms with Gasteiger partial charge in [-0.2, -0.15) is 0 Å². The first-order chi connectivity index (χ1) is 8.47. The first-order valence-corrected chi connectivity index (χ1v) is 6.33. The summed E-state index contributed by atoms with van der Waals surface area (Å²) < 4.78 is 39.8. The van der Waals surface area contributed by atoms with Gasteiger partial charge in [0.25, 0.3) is 0 Å². The summed E-state index contributed by atoms with van der Waals surface area (Å²) in [5.41, 5.74) is -0.0778. The zero-order valence-corrected chi connectivity index (χ0v) is 10.9. The van der Waals surface area contributed by atoms with Gasteiger partial charge < -0.3 is 5.32 Å². The minimum absolute atomic E-state index is 0.0778. The molecular weight excluding hydrogens is 283 g/mol. The molecule has 0 aliphatic heterocycles. The van der Waals surface area contributed by atoms with Crippen molar-refractivity contribution in [1.29, 1.82) is 0 Å². The molecule has 0 aliphatic rings. The second-order valence-corrected chi connectivity index (χ2v) is 5.50. The molecule has 0 radical (unpaired) electrons. The summed E-state index contributed by atoms with van der Waals surface area (Å²) in [5.74, 6) is -3.12. The molecule has 1 unspecified atom stereocenters. The van der Waals surface area contributed by atoms with Crippen molar-refractivity contribution < 1.29 is 13.2 Å². The molecule has 1 aromatic carbocycles. The average molecular weight is 292 g/mol. The maximum Gasteiger partial charge on any atom is 0.161 e. The van der Waals surface area contributed by atoms with Gasteiger partial charge >= 0.3 is 0 Å². The normalized spacial score (nSPS) is 12.5. The molecule has 1 aromatic heterocycles. The van der Waals surface area contributed by atoms with Crippen LogP contribution in [-0.2, 0) is 0 Å². The SMILES string of the molecule is CC(Nc1cc(F)c(F)cc1F)c1ccc(Cl)s1. The minimum atomic E-state index is -1.20. The lowest BCUT2D eigenvalue weighted by molar-refractivity contribution is 0.495. The van der Waals surface area contributed by atoms with Crippen LogP contribution in [0.5, 0.6) is 0 Å². The lowest BCUT2D eigenvalue weighted by atomic mass is 10.2. The van der Waals surface area contributed by atoms with Gasteiger partial charge in [-0.15, -0.1) is 11.3 Å². The molecule has 0 saturated heterocycles. The van der Waals surface area contributed by atoms with Crippen LogP contribution in [0.25, 0.3) is 0 Å². The van der Waals surface area contributed by atoms with Crippen LogP contribution in [0.2, 0.25) is 4.34 Å². The molecule has 6 heteroatoms. The fraction of sp³-hybridized carbons (Fsp3) is 0.167. The quantitative estimate of drug-likeness (QED) is 0.785. The van der Waals surface area contributed by atoms with Crippen molar-refractivity contribution in [3.05, 3.63) is 50.9 Å². The third kappa shape index (κ3) is 2.79. The van der Waals surface area contributed by atoms with Gasteiger partial charge in [-0.25, -0.2) is 13.2 Å². The Balaban J connectivity index is 2.21. The van der Waals surface area contributed by atoms with Crippen molar-refractivity contribution in [2.24, 2.45) is 0 Å². The Labute approximate surface area is 111 Å². The Morgan fingerprint density at radius 3 is 2.39 bits per heavy atom. The molecule has 0 spiro atoms. The third-order valence-electron chi connectivity index (χ3n) is 2.40. The number of thiophene rings is 1. The van der Waals surface area contributed by atoms with Gasteiger partial charge in [0.2, 0.25) is 0 Å². The van der Waals surface area contributed by atoms with E-state index >= 15 is 0 Å². The fourth-order valence-electron chi connectivity index (χ4n) is 1.50. The molecule has 1 heterocycles. The second-order valence-electron chi connectivity index (χ2n) is 3.75. The van der Waals surface area contributed by atoms with Crippen molar-refractivity contribution >= 4 is 28.6 Å². The number of hydrogen-bond acceptors (Lipinski definition) is 2. The molecule has 96 valence electrons. The largest absolute Gasteiger partial charge is 0.375 e. The van der Waals surface area contributed by atoms with E-state index in [2.05, 4.69) is 5.32 Å². The van der Waals surface area contributed by atoms with E-state index in [1.54, 1.807) is 19.1 Å². The van der Waals surface area contributed by atoms with Crippen LogP contribution in [0, 0.1) is 17.5 Å². The van der Waals surface area contributed by atoms with Gasteiger partial charge in [-0.3, -0.25) is 0 Å². The Hall–Kier alpha value is -1.20. The zero-order chi connectivity index (χ0) is 13.3. The highest BCUT2D eigenvalue weighted by Crippen LogP contribution is 2.30. The molecule has 0 amide bonds. The van der Waals surface area contributed by atoms with Crippen molar-refractivity contribution in [3.63, 3.8) is 0 Å². The number of nitrogens with one attached hydrogen (secondary N) is 1. The van der Waals surface area contributed by atoms with Crippen LogP contribution in [0.1, 0.15) is 17.8 Å². The summed E-state index contributed by atoms with van der Waals surface area (Å²) in [7, 11) is 0. The molecule has 1 nitrogen and oxygen atoms in total. The number of rotatable bonds is 3. The smallest absolute Gasteiger partial charge is 0.161 e. The first kappa shape index (κ1) is 13.2. The Kier molecular flexibility index (Phi) is 3.82. The van der Waals surface area contributed by atoms with E-state index in [4.69, 9.17) is 11.6 Å². The van der Waals surface area contributed by atoms with Gasteiger partial charge in [0.15, 0.2) is 11.6 Å². The van der Waals surface area contributed by atoms with Crippen molar-refractivity contribution in [1.82, 2.24) is 0 Å². The van der Waals surface area contributed by atoms with E-state index in [0.717, 1.165) is 10.9 Å². The monoisotopic (exact) mass is 291 g/mol. The van der Waals surface area contributed by atoms with Gasteiger partial charge in [0, 0.05) is 17.0 Å². The number of anilines is 1. The van der Waals surface area contributed by atoms with E-state index in [0.29, 0.717) is 10.4 Å². The van der Waals surface area contributed by atoms with Crippen molar-refractivity contribution in [2.75, 3.05) is 5.32 Å². The van der Waals surface area contributed by atoms with Crippen molar-refractivity contribution in [3.8, 4) is 0 Å². The Morgan fingerprint density at radius 1 is 1.11 bits per heavy atom. The molecule has 0 aliphatic carbocycles. The molecule has 18 heavy (non-hydrogen) atoms. The standard InChI is InChI=1S/C12H9ClF3NS/c1-6(11-2-3-12(13)18-11)17-10-5-8(15)7(14)4-9(10)16/h2-6,17H,1H3. The average Bonchev–Trinajstić information content (AvgIpc) is 2.73. The molecule has 0 fully saturated rings. The maximum absolute atomic E-state index is 13.4. The topological polar surface area (TPSA) is 12.0 Å². The van der Waals surface area contributed by atoms with Crippen LogP contribution in [0.15, 0.2) is 24.3 Å². The van der Waals surface area contributed by atoms with E-state index < -0.39 is 17.5 Å². The van der Waals surface area contributed by atoms with Crippen molar-refractivity contribution in [2.45, 2.75) is 13.0 Å². The lowest BCUT2D eigenvalue weighted by Gasteiger charge is -2.14. The van der Waals surface area contributed by atoms with Gasteiger partial charge in [-0.05, 0) is 19.1 Å². The fourth-order valence-corrected chi connectivity index (χ4v) is 2.56. The highest BCUT2D eigenvalue weighted by molar-refractivity contribution is 7.16.